The van der Waals surface area contributed by atoms with Gasteiger partial charge >= 0.3 is 6.18 Å². The van der Waals surface area contributed by atoms with Crippen LogP contribution in [0.3, 0.4) is 0 Å². The SMILES string of the molecule is CCCCCCCCOc1ccc(-c2cncs2)cc1C(F)(F)F. The molecule has 0 aliphatic rings. The van der Waals surface area contributed by atoms with E-state index < -0.39 is 11.7 Å². The number of hydrogen-bond donors (Lipinski definition) is 0. The number of thiazole rings is 1. The van der Waals surface area contributed by atoms with Gasteiger partial charge in [0, 0.05) is 6.20 Å². The molecule has 0 bridgehead atoms. The third-order valence-electron chi connectivity index (χ3n) is 3.76. The molecule has 2 nitrogen and oxygen atoms in total. The first-order valence-corrected chi connectivity index (χ1v) is 9.13. The number of halogens is 3. The number of unbranched alkanes of at least 4 members (excludes halogenated alkanes) is 5. The lowest BCUT2D eigenvalue weighted by Crippen LogP contribution is -2.09. The molecule has 2 aromatic rings. The van der Waals surface area contributed by atoms with Crippen molar-refractivity contribution in [3.63, 3.8) is 0 Å². The molecular formula is C18H22F3NOS. The zero-order valence-corrected chi connectivity index (χ0v) is 14.6. The van der Waals surface area contributed by atoms with E-state index in [2.05, 4.69) is 11.9 Å². The van der Waals surface area contributed by atoms with Gasteiger partial charge in [-0.15, -0.1) is 11.3 Å². The van der Waals surface area contributed by atoms with Gasteiger partial charge in [-0.25, -0.2) is 0 Å². The molecule has 24 heavy (non-hydrogen) atoms. The third-order valence-corrected chi connectivity index (χ3v) is 4.58. The van der Waals surface area contributed by atoms with Crippen LogP contribution in [-0.2, 0) is 6.18 Å². The standard InChI is InChI=1S/C18H22F3NOS/c1-2-3-4-5-6-7-10-23-16-9-8-14(17-12-22-13-24-17)11-15(16)18(19,20)21/h8-9,11-13H,2-7,10H2,1H3. The quantitative estimate of drug-likeness (QED) is 0.474. The Morgan fingerprint density at radius 3 is 2.50 bits per heavy atom. The van der Waals surface area contributed by atoms with Gasteiger partial charge in [-0.2, -0.15) is 13.2 Å². The molecule has 0 saturated heterocycles. The molecule has 0 aliphatic heterocycles. The maximum Gasteiger partial charge on any atom is 0.419 e. The minimum atomic E-state index is -4.43. The molecule has 0 fully saturated rings. The van der Waals surface area contributed by atoms with E-state index in [-0.39, 0.29) is 5.75 Å². The van der Waals surface area contributed by atoms with Crippen molar-refractivity contribution < 1.29 is 17.9 Å². The van der Waals surface area contributed by atoms with E-state index in [1.807, 2.05) is 0 Å². The second-order valence-electron chi connectivity index (χ2n) is 5.69. The topological polar surface area (TPSA) is 22.1 Å². The molecule has 0 aliphatic carbocycles. The van der Waals surface area contributed by atoms with Crippen LogP contribution in [0.1, 0.15) is 51.0 Å². The van der Waals surface area contributed by atoms with Crippen LogP contribution in [0.4, 0.5) is 13.2 Å². The van der Waals surface area contributed by atoms with E-state index in [1.165, 1.54) is 36.7 Å². The van der Waals surface area contributed by atoms with Crippen LogP contribution < -0.4 is 4.74 Å². The van der Waals surface area contributed by atoms with Gasteiger partial charge in [0.05, 0.1) is 22.6 Å². The van der Waals surface area contributed by atoms with Gasteiger partial charge < -0.3 is 4.74 Å². The van der Waals surface area contributed by atoms with Crippen molar-refractivity contribution in [3.05, 3.63) is 35.5 Å². The molecule has 0 radical (unpaired) electrons. The Balaban J connectivity index is 1.99. The Morgan fingerprint density at radius 1 is 1.08 bits per heavy atom. The highest BCUT2D eigenvalue weighted by molar-refractivity contribution is 7.13. The highest BCUT2D eigenvalue weighted by Gasteiger charge is 2.34. The summed E-state index contributed by atoms with van der Waals surface area (Å²) >= 11 is 1.31. The van der Waals surface area contributed by atoms with Gasteiger partial charge in [0.2, 0.25) is 0 Å². The fourth-order valence-corrected chi connectivity index (χ4v) is 3.07. The first-order valence-electron chi connectivity index (χ1n) is 8.25. The lowest BCUT2D eigenvalue weighted by molar-refractivity contribution is -0.138. The maximum atomic E-state index is 13.3. The van der Waals surface area contributed by atoms with Crippen LogP contribution in [0.25, 0.3) is 10.4 Å². The number of nitrogens with zero attached hydrogens (tertiary/aromatic N) is 1. The largest absolute Gasteiger partial charge is 0.493 e. The van der Waals surface area contributed by atoms with E-state index in [1.54, 1.807) is 17.8 Å². The smallest absolute Gasteiger partial charge is 0.419 e. The zero-order chi connectivity index (χ0) is 17.4. The summed E-state index contributed by atoms with van der Waals surface area (Å²) in [5.41, 5.74) is 1.39. The van der Waals surface area contributed by atoms with E-state index in [0.717, 1.165) is 25.3 Å². The number of ether oxygens (including phenoxy) is 1. The van der Waals surface area contributed by atoms with Crippen molar-refractivity contribution in [3.8, 4) is 16.2 Å². The van der Waals surface area contributed by atoms with Crippen molar-refractivity contribution in [2.24, 2.45) is 0 Å². The van der Waals surface area contributed by atoms with Gasteiger partial charge in [0.1, 0.15) is 5.75 Å². The van der Waals surface area contributed by atoms with E-state index in [9.17, 15) is 13.2 Å². The number of hydrogen-bond acceptors (Lipinski definition) is 3. The van der Waals surface area contributed by atoms with Gasteiger partial charge in [-0.1, -0.05) is 39.0 Å². The Kier molecular flexibility index (Phi) is 7.09. The summed E-state index contributed by atoms with van der Waals surface area (Å²) in [4.78, 5) is 4.62. The lowest BCUT2D eigenvalue weighted by atomic mass is 10.1. The Morgan fingerprint density at radius 2 is 1.83 bits per heavy atom. The summed E-state index contributed by atoms with van der Waals surface area (Å²) < 4.78 is 45.3. The molecule has 0 atom stereocenters. The van der Waals surface area contributed by atoms with Crippen LogP contribution in [0.2, 0.25) is 0 Å². The van der Waals surface area contributed by atoms with E-state index in [4.69, 9.17) is 4.74 Å². The maximum absolute atomic E-state index is 13.3. The van der Waals surface area contributed by atoms with Crippen molar-refractivity contribution in [2.45, 2.75) is 51.6 Å². The summed E-state index contributed by atoms with van der Waals surface area (Å²) in [5, 5.41) is 0. The second kappa shape index (κ2) is 9.06. The van der Waals surface area contributed by atoms with E-state index >= 15 is 0 Å². The molecule has 1 aromatic heterocycles. The normalized spacial score (nSPS) is 11.7. The first kappa shape index (κ1) is 18.8. The molecule has 0 saturated carbocycles. The fraction of sp³-hybridized carbons (Fsp3) is 0.500. The van der Waals surface area contributed by atoms with Gasteiger partial charge in [0.15, 0.2) is 0 Å². The van der Waals surface area contributed by atoms with Gasteiger partial charge in [-0.3, -0.25) is 4.98 Å². The molecule has 6 heteroatoms. The Hall–Kier alpha value is -1.56. The molecule has 0 spiro atoms. The van der Waals surface area contributed by atoms with Crippen LogP contribution >= 0.6 is 11.3 Å². The van der Waals surface area contributed by atoms with Crippen LogP contribution in [-0.4, -0.2) is 11.6 Å². The predicted molar refractivity (Wildman–Crippen MR) is 91.4 cm³/mol. The van der Waals surface area contributed by atoms with Crippen molar-refractivity contribution in [2.75, 3.05) is 6.61 Å². The fourth-order valence-electron chi connectivity index (χ4n) is 2.45. The van der Waals surface area contributed by atoms with Crippen molar-refractivity contribution in [1.82, 2.24) is 4.98 Å². The summed E-state index contributed by atoms with van der Waals surface area (Å²) in [6.45, 7) is 2.47. The summed E-state index contributed by atoms with van der Waals surface area (Å²) in [6, 6.07) is 4.21. The Bertz CT molecular complexity index is 611. The summed E-state index contributed by atoms with van der Waals surface area (Å²) in [6.07, 6.45) is 3.56. The van der Waals surface area contributed by atoms with Gasteiger partial charge in [0.25, 0.3) is 0 Å². The molecule has 1 aromatic carbocycles. The van der Waals surface area contributed by atoms with E-state index in [0.29, 0.717) is 17.0 Å². The second-order valence-corrected chi connectivity index (χ2v) is 6.58. The first-order chi connectivity index (χ1) is 11.5. The average Bonchev–Trinajstić information content (AvgIpc) is 3.07. The lowest BCUT2D eigenvalue weighted by Gasteiger charge is -2.15. The number of rotatable bonds is 9. The van der Waals surface area contributed by atoms with Crippen LogP contribution in [0, 0.1) is 0 Å². The number of benzene rings is 1. The predicted octanol–water partition coefficient (Wildman–Crippen LogP) is 6.57. The average molecular weight is 357 g/mol. The summed E-state index contributed by atoms with van der Waals surface area (Å²) in [5.74, 6) is -0.0932. The third kappa shape index (κ3) is 5.51. The Labute approximate surface area is 144 Å². The zero-order valence-electron chi connectivity index (χ0n) is 13.7. The molecule has 2 rings (SSSR count). The molecule has 132 valence electrons. The van der Waals surface area contributed by atoms with Gasteiger partial charge in [-0.05, 0) is 30.2 Å². The highest BCUT2D eigenvalue weighted by atomic mass is 32.1. The molecule has 0 amide bonds. The summed E-state index contributed by atoms with van der Waals surface area (Å²) in [7, 11) is 0. The molecule has 0 unspecified atom stereocenters. The molecule has 1 heterocycles. The minimum Gasteiger partial charge on any atom is -0.493 e. The van der Waals surface area contributed by atoms with Crippen molar-refractivity contribution in [1.29, 1.82) is 0 Å². The van der Waals surface area contributed by atoms with Crippen LogP contribution in [0.15, 0.2) is 29.9 Å². The minimum absolute atomic E-state index is 0.0932. The molecule has 0 N–H and O–H groups in total. The van der Waals surface area contributed by atoms with Crippen molar-refractivity contribution >= 4 is 11.3 Å². The highest BCUT2D eigenvalue weighted by Crippen LogP contribution is 2.39. The number of aromatic nitrogens is 1. The van der Waals surface area contributed by atoms with Crippen LogP contribution in [0.5, 0.6) is 5.75 Å². The monoisotopic (exact) mass is 357 g/mol. The number of alkyl halides is 3. The molecular weight excluding hydrogens is 335 g/mol.